The second-order valence-electron chi connectivity index (χ2n) is 7.56. The topological polar surface area (TPSA) is 131 Å². The van der Waals surface area contributed by atoms with Crippen LogP contribution in [0.15, 0.2) is 0 Å². The van der Waals surface area contributed by atoms with E-state index in [1.54, 1.807) is 20.8 Å². The molecule has 0 bridgehead atoms. The average molecular weight is 359 g/mol. The zero-order valence-corrected chi connectivity index (χ0v) is 15.9. The normalized spacial score (nSPS) is 13.9. The summed E-state index contributed by atoms with van der Waals surface area (Å²) in [6.07, 6.45) is 1.38. The molecule has 0 aliphatic carbocycles. The molecule has 146 valence electrons. The van der Waals surface area contributed by atoms with Gasteiger partial charge in [0.15, 0.2) is 0 Å². The summed E-state index contributed by atoms with van der Waals surface area (Å²) in [5.41, 5.74) is 5.20. The number of amides is 2. The van der Waals surface area contributed by atoms with E-state index in [0.29, 0.717) is 25.8 Å². The summed E-state index contributed by atoms with van der Waals surface area (Å²) < 4.78 is 5.10. The molecule has 2 amide bonds. The van der Waals surface area contributed by atoms with Gasteiger partial charge in [0.05, 0.1) is 6.04 Å². The Kier molecular flexibility index (Phi) is 10.1. The molecule has 25 heavy (non-hydrogen) atoms. The first-order chi connectivity index (χ1) is 11.4. The molecule has 2 atom stereocenters. The summed E-state index contributed by atoms with van der Waals surface area (Å²) in [7, 11) is 0. The maximum absolute atomic E-state index is 11.9. The third kappa shape index (κ3) is 12.2. The number of nitrogens with one attached hydrogen (secondary N) is 2. The molecular formula is C17H33N3O5. The van der Waals surface area contributed by atoms with E-state index < -0.39 is 35.7 Å². The van der Waals surface area contributed by atoms with E-state index in [0.717, 1.165) is 0 Å². The molecule has 5 N–H and O–H groups in total. The molecule has 0 spiro atoms. The highest BCUT2D eigenvalue weighted by Gasteiger charge is 2.23. The lowest BCUT2D eigenvalue weighted by Crippen LogP contribution is -2.48. The van der Waals surface area contributed by atoms with Gasteiger partial charge in [-0.15, -0.1) is 0 Å². The summed E-state index contributed by atoms with van der Waals surface area (Å²) in [5.74, 6) is -1.29. The van der Waals surface area contributed by atoms with Gasteiger partial charge in [-0.25, -0.2) is 9.59 Å². The highest BCUT2D eigenvalue weighted by molar-refractivity contribution is 5.86. The Morgan fingerprint density at radius 1 is 1.16 bits per heavy atom. The monoisotopic (exact) mass is 359 g/mol. The van der Waals surface area contributed by atoms with Crippen LogP contribution in [-0.2, 0) is 14.3 Å². The number of carbonyl (C=O) groups excluding carboxylic acids is 2. The molecule has 0 saturated carbocycles. The van der Waals surface area contributed by atoms with Crippen LogP contribution in [0.2, 0.25) is 0 Å². The molecule has 0 aromatic rings. The fraction of sp³-hybridized carbons (Fsp3) is 0.824. The Hall–Kier alpha value is -1.83. The van der Waals surface area contributed by atoms with Gasteiger partial charge in [0.1, 0.15) is 11.6 Å². The smallest absolute Gasteiger partial charge is 0.407 e. The second kappa shape index (κ2) is 10.9. The lowest BCUT2D eigenvalue weighted by Gasteiger charge is -2.20. The molecule has 0 aromatic carbocycles. The maximum atomic E-state index is 11.9. The van der Waals surface area contributed by atoms with Crippen molar-refractivity contribution in [2.45, 2.75) is 78.0 Å². The first-order valence-corrected chi connectivity index (χ1v) is 8.68. The fourth-order valence-corrected chi connectivity index (χ4v) is 2.13. The minimum atomic E-state index is -1.09. The van der Waals surface area contributed by atoms with Crippen molar-refractivity contribution >= 4 is 18.0 Å². The summed E-state index contributed by atoms with van der Waals surface area (Å²) >= 11 is 0. The standard InChI is InChI=1S/C17H33N3O5/c1-11(2)10-12(18)14(21)20-13(15(22)23)8-6-7-9-19-16(24)25-17(3,4)5/h11-13H,6-10,18H2,1-5H3,(H,19,24)(H,20,21)(H,22,23). The molecule has 8 nitrogen and oxygen atoms in total. The van der Waals surface area contributed by atoms with Crippen molar-refractivity contribution in [3.8, 4) is 0 Å². The summed E-state index contributed by atoms with van der Waals surface area (Å²) in [6, 6.07) is -1.69. The van der Waals surface area contributed by atoms with E-state index in [-0.39, 0.29) is 12.3 Å². The fourth-order valence-electron chi connectivity index (χ4n) is 2.13. The van der Waals surface area contributed by atoms with E-state index in [9.17, 15) is 19.5 Å². The minimum absolute atomic E-state index is 0.253. The van der Waals surface area contributed by atoms with Crippen LogP contribution < -0.4 is 16.4 Å². The van der Waals surface area contributed by atoms with Crippen LogP contribution in [0.5, 0.6) is 0 Å². The second-order valence-corrected chi connectivity index (χ2v) is 7.56. The van der Waals surface area contributed by atoms with Gasteiger partial charge < -0.3 is 26.2 Å². The van der Waals surface area contributed by atoms with Gasteiger partial charge in [-0.3, -0.25) is 4.79 Å². The molecule has 0 fully saturated rings. The van der Waals surface area contributed by atoms with Crippen molar-refractivity contribution in [2.75, 3.05) is 6.54 Å². The van der Waals surface area contributed by atoms with Gasteiger partial charge in [0.2, 0.25) is 5.91 Å². The quantitative estimate of drug-likeness (QED) is 0.438. The number of aliphatic carboxylic acids is 1. The van der Waals surface area contributed by atoms with Crippen LogP contribution in [0.3, 0.4) is 0 Å². The van der Waals surface area contributed by atoms with Crippen molar-refractivity contribution in [3.05, 3.63) is 0 Å². The zero-order valence-electron chi connectivity index (χ0n) is 15.9. The van der Waals surface area contributed by atoms with E-state index in [4.69, 9.17) is 10.5 Å². The van der Waals surface area contributed by atoms with E-state index in [1.807, 2.05) is 13.8 Å². The molecule has 0 radical (unpaired) electrons. The molecule has 0 aromatic heterocycles. The number of alkyl carbamates (subject to hydrolysis) is 1. The molecule has 0 rings (SSSR count). The Morgan fingerprint density at radius 2 is 1.76 bits per heavy atom. The molecule has 2 unspecified atom stereocenters. The van der Waals surface area contributed by atoms with Crippen LogP contribution in [0, 0.1) is 5.92 Å². The van der Waals surface area contributed by atoms with Crippen molar-refractivity contribution < 1.29 is 24.2 Å². The molecular weight excluding hydrogens is 326 g/mol. The number of nitrogens with two attached hydrogens (primary N) is 1. The van der Waals surface area contributed by atoms with E-state index in [1.165, 1.54) is 0 Å². The molecule has 0 saturated heterocycles. The average Bonchev–Trinajstić information content (AvgIpc) is 2.42. The van der Waals surface area contributed by atoms with Gasteiger partial charge in [0.25, 0.3) is 0 Å². The SMILES string of the molecule is CC(C)CC(N)C(=O)NC(CCCCNC(=O)OC(C)(C)C)C(=O)O. The lowest BCUT2D eigenvalue weighted by molar-refractivity contribution is -0.142. The number of hydrogen-bond acceptors (Lipinski definition) is 5. The van der Waals surface area contributed by atoms with Crippen LogP contribution in [0.25, 0.3) is 0 Å². The minimum Gasteiger partial charge on any atom is -0.480 e. The van der Waals surface area contributed by atoms with Gasteiger partial charge in [0, 0.05) is 6.54 Å². The summed E-state index contributed by atoms with van der Waals surface area (Å²) in [6.45, 7) is 9.59. The predicted molar refractivity (Wildman–Crippen MR) is 95.1 cm³/mol. The first kappa shape index (κ1) is 23.2. The maximum Gasteiger partial charge on any atom is 0.407 e. The van der Waals surface area contributed by atoms with Crippen molar-refractivity contribution in [3.63, 3.8) is 0 Å². The van der Waals surface area contributed by atoms with Gasteiger partial charge in [-0.2, -0.15) is 0 Å². The third-order valence-electron chi connectivity index (χ3n) is 3.26. The highest BCUT2D eigenvalue weighted by atomic mass is 16.6. The van der Waals surface area contributed by atoms with Gasteiger partial charge in [-0.1, -0.05) is 13.8 Å². The summed E-state index contributed by atoms with van der Waals surface area (Å²) in [4.78, 5) is 34.7. The Morgan fingerprint density at radius 3 is 2.24 bits per heavy atom. The predicted octanol–water partition coefficient (Wildman–Crippen LogP) is 1.62. The van der Waals surface area contributed by atoms with Gasteiger partial charge >= 0.3 is 12.1 Å². The number of carboxylic acid groups (broad SMARTS) is 1. The van der Waals surface area contributed by atoms with Crippen LogP contribution in [-0.4, -0.2) is 47.3 Å². The highest BCUT2D eigenvalue weighted by Crippen LogP contribution is 2.07. The molecule has 0 aliphatic heterocycles. The van der Waals surface area contributed by atoms with E-state index >= 15 is 0 Å². The first-order valence-electron chi connectivity index (χ1n) is 8.68. The number of hydrogen-bond donors (Lipinski definition) is 4. The van der Waals surface area contributed by atoms with Crippen LogP contribution in [0.1, 0.15) is 60.3 Å². The largest absolute Gasteiger partial charge is 0.480 e. The molecule has 0 heterocycles. The number of unbranched alkanes of at least 4 members (excludes halogenated alkanes) is 1. The van der Waals surface area contributed by atoms with Gasteiger partial charge in [-0.05, 0) is 52.4 Å². The molecule has 8 heteroatoms. The zero-order chi connectivity index (χ0) is 19.6. The number of carbonyl (C=O) groups is 3. The Balaban J connectivity index is 4.15. The molecule has 0 aliphatic rings. The summed E-state index contributed by atoms with van der Waals surface area (Å²) in [5, 5.41) is 14.3. The van der Waals surface area contributed by atoms with Crippen molar-refractivity contribution in [2.24, 2.45) is 11.7 Å². The van der Waals surface area contributed by atoms with Crippen molar-refractivity contribution in [1.82, 2.24) is 10.6 Å². The number of carboxylic acids is 1. The lowest BCUT2D eigenvalue weighted by atomic mass is 10.0. The Bertz CT molecular complexity index is 446. The third-order valence-corrected chi connectivity index (χ3v) is 3.26. The van der Waals surface area contributed by atoms with E-state index in [2.05, 4.69) is 10.6 Å². The Labute approximate surface area is 149 Å². The number of ether oxygens (including phenoxy) is 1. The number of rotatable bonds is 10. The van der Waals surface area contributed by atoms with Crippen molar-refractivity contribution in [1.29, 1.82) is 0 Å². The van der Waals surface area contributed by atoms with Crippen LogP contribution in [0.4, 0.5) is 4.79 Å². The van der Waals surface area contributed by atoms with Crippen LogP contribution >= 0.6 is 0 Å².